The number of aromatic amines is 1. The van der Waals surface area contributed by atoms with Gasteiger partial charge in [-0.25, -0.2) is 4.98 Å². The molecule has 174 valence electrons. The monoisotopic (exact) mass is 467 g/mol. The highest BCUT2D eigenvalue weighted by Crippen LogP contribution is 2.41. The molecule has 0 spiro atoms. The van der Waals surface area contributed by atoms with Crippen molar-refractivity contribution in [1.29, 1.82) is 0 Å². The SMILES string of the molecule is Cc1cc(-c2ccccc2)cc(C)c1-c1ccc(-c2n[nH]c3ccccc23)cc1Oc1ccccn1. The lowest BCUT2D eigenvalue weighted by Crippen LogP contribution is -1.96. The highest BCUT2D eigenvalue weighted by Gasteiger charge is 2.17. The molecule has 0 aliphatic carbocycles. The molecule has 6 aromatic rings. The Kier molecular flexibility index (Phi) is 5.55. The van der Waals surface area contributed by atoms with Gasteiger partial charge in [0.1, 0.15) is 11.4 Å². The highest BCUT2D eigenvalue weighted by atomic mass is 16.5. The maximum absolute atomic E-state index is 6.39. The fourth-order valence-electron chi connectivity index (χ4n) is 4.85. The van der Waals surface area contributed by atoms with Crippen molar-refractivity contribution in [3.63, 3.8) is 0 Å². The second-order valence-electron chi connectivity index (χ2n) is 8.95. The minimum Gasteiger partial charge on any atom is -0.438 e. The third-order valence-electron chi connectivity index (χ3n) is 6.49. The van der Waals surface area contributed by atoms with E-state index in [9.17, 15) is 0 Å². The first-order valence-corrected chi connectivity index (χ1v) is 12.0. The van der Waals surface area contributed by atoms with E-state index in [1.165, 1.54) is 27.8 Å². The van der Waals surface area contributed by atoms with Crippen molar-refractivity contribution in [1.82, 2.24) is 15.2 Å². The molecule has 0 saturated heterocycles. The van der Waals surface area contributed by atoms with Gasteiger partial charge in [-0.1, -0.05) is 72.8 Å². The van der Waals surface area contributed by atoms with E-state index in [4.69, 9.17) is 4.74 Å². The molecule has 4 nitrogen and oxygen atoms in total. The zero-order valence-corrected chi connectivity index (χ0v) is 20.2. The van der Waals surface area contributed by atoms with Gasteiger partial charge in [0, 0.05) is 28.8 Å². The molecule has 0 radical (unpaired) electrons. The fourth-order valence-corrected chi connectivity index (χ4v) is 4.85. The average molecular weight is 468 g/mol. The van der Waals surface area contributed by atoms with Crippen LogP contribution in [0.2, 0.25) is 0 Å². The molecule has 1 N–H and O–H groups in total. The zero-order chi connectivity index (χ0) is 24.5. The van der Waals surface area contributed by atoms with Crippen molar-refractivity contribution < 1.29 is 4.74 Å². The van der Waals surface area contributed by atoms with E-state index in [2.05, 4.69) is 89.7 Å². The number of aryl methyl sites for hydroxylation is 2. The molecule has 0 amide bonds. The minimum absolute atomic E-state index is 0.555. The summed E-state index contributed by atoms with van der Waals surface area (Å²) in [4.78, 5) is 4.41. The van der Waals surface area contributed by atoms with Crippen LogP contribution >= 0.6 is 0 Å². The van der Waals surface area contributed by atoms with Crippen LogP contribution in [-0.2, 0) is 0 Å². The lowest BCUT2D eigenvalue weighted by molar-refractivity contribution is 0.465. The van der Waals surface area contributed by atoms with E-state index in [1.54, 1.807) is 6.20 Å². The highest BCUT2D eigenvalue weighted by molar-refractivity contribution is 5.94. The van der Waals surface area contributed by atoms with Crippen molar-refractivity contribution in [3.05, 3.63) is 120 Å². The largest absolute Gasteiger partial charge is 0.438 e. The lowest BCUT2D eigenvalue weighted by atomic mass is 9.90. The van der Waals surface area contributed by atoms with E-state index < -0.39 is 0 Å². The number of nitrogens with one attached hydrogen (secondary N) is 1. The Labute approximate surface area is 210 Å². The number of nitrogens with zero attached hydrogens (tertiary/aromatic N) is 2. The first-order chi connectivity index (χ1) is 17.7. The molecule has 36 heavy (non-hydrogen) atoms. The molecule has 0 aliphatic heterocycles. The fraction of sp³-hybridized carbons (Fsp3) is 0.0625. The van der Waals surface area contributed by atoms with E-state index in [0.717, 1.165) is 33.5 Å². The number of rotatable bonds is 5. The number of benzene rings is 4. The van der Waals surface area contributed by atoms with Gasteiger partial charge < -0.3 is 4.74 Å². The number of hydrogen-bond acceptors (Lipinski definition) is 3. The molecule has 0 atom stereocenters. The minimum atomic E-state index is 0.555. The van der Waals surface area contributed by atoms with Crippen molar-refractivity contribution in [2.75, 3.05) is 0 Å². The summed E-state index contributed by atoms with van der Waals surface area (Å²) < 4.78 is 6.39. The molecule has 0 bridgehead atoms. The van der Waals surface area contributed by atoms with Crippen LogP contribution in [0.5, 0.6) is 11.6 Å². The smallest absolute Gasteiger partial charge is 0.219 e. The van der Waals surface area contributed by atoms with Gasteiger partial charge in [0.25, 0.3) is 0 Å². The van der Waals surface area contributed by atoms with Gasteiger partial charge in [0.2, 0.25) is 5.88 Å². The number of para-hydroxylation sites is 1. The normalized spacial score (nSPS) is 11.1. The number of ether oxygens (including phenoxy) is 1. The van der Waals surface area contributed by atoms with Crippen molar-refractivity contribution >= 4 is 10.9 Å². The van der Waals surface area contributed by atoms with E-state index in [1.807, 2.05) is 42.5 Å². The average Bonchev–Trinajstić information content (AvgIpc) is 3.34. The predicted octanol–water partition coefficient (Wildman–Crippen LogP) is 8.37. The Morgan fingerprint density at radius 1 is 0.667 bits per heavy atom. The van der Waals surface area contributed by atoms with Gasteiger partial charge in [-0.15, -0.1) is 0 Å². The van der Waals surface area contributed by atoms with Crippen LogP contribution in [0.1, 0.15) is 11.1 Å². The predicted molar refractivity (Wildman–Crippen MR) is 146 cm³/mol. The number of pyridine rings is 1. The summed E-state index contributed by atoms with van der Waals surface area (Å²) in [5.41, 5.74) is 9.89. The van der Waals surface area contributed by atoms with Gasteiger partial charge in [0.05, 0.1) is 5.52 Å². The van der Waals surface area contributed by atoms with E-state index >= 15 is 0 Å². The van der Waals surface area contributed by atoms with Crippen LogP contribution in [0, 0.1) is 13.8 Å². The van der Waals surface area contributed by atoms with Crippen LogP contribution in [-0.4, -0.2) is 15.2 Å². The standard InChI is InChI=1S/C32H25N3O/c1-21-18-25(23-10-4-3-5-11-23)19-22(2)31(21)27-16-15-24(20-29(27)36-30-14-8-9-17-33-30)32-26-12-6-7-13-28(26)34-35-32/h3-20H,1-2H3,(H,34,35). The molecular formula is C32H25N3O. The van der Waals surface area contributed by atoms with Crippen molar-refractivity contribution in [3.8, 4) is 45.1 Å². The van der Waals surface area contributed by atoms with E-state index in [-0.39, 0.29) is 0 Å². The lowest BCUT2D eigenvalue weighted by Gasteiger charge is -2.17. The Morgan fingerprint density at radius 3 is 2.19 bits per heavy atom. The maximum atomic E-state index is 6.39. The summed E-state index contributed by atoms with van der Waals surface area (Å²) in [5, 5.41) is 8.82. The summed E-state index contributed by atoms with van der Waals surface area (Å²) in [6.45, 7) is 4.32. The van der Waals surface area contributed by atoms with Gasteiger partial charge in [-0.3, -0.25) is 5.10 Å². The van der Waals surface area contributed by atoms with Gasteiger partial charge in [0.15, 0.2) is 0 Å². The second kappa shape index (κ2) is 9.16. The van der Waals surface area contributed by atoms with Crippen LogP contribution < -0.4 is 4.74 Å². The van der Waals surface area contributed by atoms with Crippen molar-refractivity contribution in [2.45, 2.75) is 13.8 Å². The molecule has 2 aromatic heterocycles. The zero-order valence-electron chi connectivity index (χ0n) is 20.2. The Balaban J connectivity index is 1.50. The molecule has 4 aromatic carbocycles. The summed E-state index contributed by atoms with van der Waals surface area (Å²) in [6.07, 6.45) is 1.74. The second-order valence-corrected chi connectivity index (χ2v) is 8.95. The molecule has 4 heteroatoms. The summed E-state index contributed by atoms with van der Waals surface area (Å²) in [6, 6.07) is 35.1. The molecule has 0 saturated carbocycles. The molecule has 2 heterocycles. The Morgan fingerprint density at radius 2 is 1.42 bits per heavy atom. The number of H-pyrrole nitrogens is 1. The van der Waals surface area contributed by atoms with E-state index in [0.29, 0.717) is 5.88 Å². The third kappa shape index (κ3) is 4.03. The van der Waals surface area contributed by atoms with Gasteiger partial charge in [-0.05, 0) is 65.9 Å². The third-order valence-corrected chi connectivity index (χ3v) is 6.49. The topological polar surface area (TPSA) is 50.8 Å². The first-order valence-electron chi connectivity index (χ1n) is 12.0. The van der Waals surface area contributed by atoms with Crippen LogP contribution in [0.25, 0.3) is 44.4 Å². The van der Waals surface area contributed by atoms with Gasteiger partial charge in [-0.2, -0.15) is 5.10 Å². The van der Waals surface area contributed by atoms with Crippen LogP contribution in [0.4, 0.5) is 0 Å². The summed E-state index contributed by atoms with van der Waals surface area (Å²) in [5.74, 6) is 1.30. The van der Waals surface area contributed by atoms with Crippen molar-refractivity contribution in [2.24, 2.45) is 0 Å². The molecular weight excluding hydrogens is 442 g/mol. The van der Waals surface area contributed by atoms with Gasteiger partial charge >= 0.3 is 0 Å². The molecule has 0 aliphatic rings. The Bertz CT molecular complexity index is 1650. The first kappa shape index (κ1) is 21.8. The molecule has 6 rings (SSSR count). The van der Waals surface area contributed by atoms with Crippen LogP contribution in [0.3, 0.4) is 0 Å². The maximum Gasteiger partial charge on any atom is 0.219 e. The summed E-state index contributed by atoms with van der Waals surface area (Å²) in [7, 11) is 0. The number of aromatic nitrogens is 3. The molecule has 0 unspecified atom stereocenters. The molecule has 0 fully saturated rings. The quantitative estimate of drug-likeness (QED) is 0.277. The number of hydrogen-bond donors (Lipinski definition) is 1. The number of fused-ring (bicyclic) bond motifs is 1. The Hall–Kier alpha value is -4.70. The summed E-state index contributed by atoms with van der Waals surface area (Å²) >= 11 is 0. The van der Waals surface area contributed by atoms with Crippen LogP contribution in [0.15, 0.2) is 109 Å².